The zero-order chi connectivity index (χ0) is 19.2. The first-order valence-electron chi connectivity index (χ1n) is 8.81. The van der Waals surface area contributed by atoms with Crippen molar-refractivity contribution in [3.8, 4) is 6.07 Å². The molecule has 2 aromatic rings. The number of nitrogens with zero attached hydrogens (tertiary/aromatic N) is 3. The Morgan fingerprint density at radius 1 is 1.11 bits per heavy atom. The van der Waals surface area contributed by atoms with Crippen molar-refractivity contribution >= 4 is 28.9 Å². The van der Waals surface area contributed by atoms with Gasteiger partial charge in [-0.3, -0.25) is 4.79 Å². The summed E-state index contributed by atoms with van der Waals surface area (Å²) in [6, 6.07) is 17.5. The standard InChI is InChI=1S/C21H21ClN4O/c1-16-19(22)8-5-9-20(16)24-21(27)17(14-23)15-25-10-12-26(13-11-25)18-6-3-2-4-7-18/h2-9,15H,10-13H2,1H3,(H,24,27)/b17-15-. The van der Waals surface area contributed by atoms with E-state index in [-0.39, 0.29) is 5.57 Å². The molecule has 0 saturated carbocycles. The minimum Gasteiger partial charge on any atom is -0.373 e. The number of amides is 1. The minimum atomic E-state index is -0.423. The normalized spacial score (nSPS) is 14.6. The van der Waals surface area contributed by atoms with E-state index in [9.17, 15) is 10.1 Å². The first-order valence-corrected chi connectivity index (χ1v) is 9.18. The quantitative estimate of drug-likeness (QED) is 0.647. The fourth-order valence-corrected chi connectivity index (χ4v) is 3.18. The lowest BCUT2D eigenvalue weighted by Crippen LogP contribution is -2.44. The van der Waals surface area contributed by atoms with Crippen LogP contribution in [-0.4, -0.2) is 37.0 Å². The SMILES string of the molecule is Cc1c(Cl)cccc1NC(=O)/C(C#N)=C\N1CCN(c2ccccc2)CC1. The Morgan fingerprint density at radius 2 is 1.81 bits per heavy atom. The fraction of sp³-hybridized carbons (Fsp3) is 0.238. The lowest BCUT2D eigenvalue weighted by molar-refractivity contribution is -0.112. The molecule has 1 amide bonds. The van der Waals surface area contributed by atoms with Gasteiger partial charge in [0.05, 0.1) is 0 Å². The van der Waals surface area contributed by atoms with E-state index in [0.29, 0.717) is 10.7 Å². The highest BCUT2D eigenvalue weighted by Crippen LogP contribution is 2.23. The molecule has 2 aromatic carbocycles. The van der Waals surface area contributed by atoms with Gasteiger partial charge in [-0.2, -0.15) is 5.26 Å². The van der Waals surface area contributed by atoms with Crippen LogP contribution in [0.4, 0.5) is 11.4 Å². The van der Waals surface area contributed by atoms with Crippen LogP contribution in [-0.2, 0) is 4.79 Å². The van der Waals surface area contributed by atoms with Gasteiger partial charge in [-0.25, -0.2) is 0 Å². The Labute approximate surface area is 164 Å². The van der Waals surface area contributed by atoms with Crippen LogP contribution in [0.25, 0.3) is 0 Å². The average molecular weight is 381 g/mol. The Kier molecular flexibility index (Phi) is 6.00. The van der Waals surface area contributed by atoms with Crippen LogP contribution in [0.15, 0.2) is 60.3 Å². The zero-order valence-corrected chi connectivity index (χ0v) is 15.9. The van der Waals surface area contributed by atoms with Crippen LogP contribution in [0, 0.1) is 18.3 Å². The molecule has 1 heterocycles. The van der Waals surface area contributed by atoms with E-state index in [1.807, 2.05) is 36.1 Å². The molecule has 1 aliphatic rings. The maximum absolute atomic E-state index is 12.5. The lowest BCUT2D eigenvalue weighted by atomic mass is 10.2. The predicted molar refractivity (Wildman–Crippen MR) is 109 cm³/mol. The maximum atomic E-state index is 12.5. The van der Waals surface area contributed by atoms with E-state index in [2.05, 4.69) is 22.3 Å². The highest BCUT2D eigenvalue weighted by atomic mass is 35.5. The Hall–Kier alpha value is -2.97. The number of benzene rings is 2. The molecule has 0 unspecified atom stereocenters. The number of halogens is 1. The van der Waals surface area contributed by atoms with Crippen molar-refractivity contribution in [2.24, 2.45) is 0 Å². The van der Waals surface area contributed by atoms with Crippen LogP contribution in [0.5, 0.6) is 0 Å². The molecule has 1 aliphatic heterocycles. The van der Waals surface area contributed by atoms with E-state index in [0.717, 1.165) is 31.7 Å². The Balaban J connectivity index is 1.64. The number of hydrogen-bond acceptors (Lipinski definition) is 4. The summed E-state index contributed by atoms with van der Waals surface area (Å²) in [5.74, 6) is -0.423. The van der Waals surface area contributed by atoms with E-state index < -0.39 is 5.91 Å². The van der Waals surface area contributed by atoms with Crippen molar-refractivity contribution in [3.05, 3.63) is 70.9 Å². The molecule has 0 bridgehead atoms. The van der Waals surface area contributed by atoms with E-state index >= 15 is 0 Å². The summed E-state index contributed by atoms with van der Waals surface area (Å²) in [6.07, 6.45) is 1.65. The number of anilines is 2. The summed E-state index contributed by atoms with van der Waals surface area (Å²) >= 11 is 6.09. The topological polar surface area (TPSA) is 59.4 Å². The fourth-order valence-electron chi connectivity index (χ4n) is 3.00. The van der Waals surface area contributed by atoms with Gasteiger partial charge in [0, 0.05) is 48.8 Å². The number of para-hydroxylation sites is 1. The van der Waals surface area contributed by atoms with Gasteiger partial charge in [0.15, 0.2) is 0 Å². The van der Waals surface area contributed by atoms with Gasteiger partial charge < -0.3 is 15.1 Å². The molecule has 5 nitrogen and oxygen atoms in total. The summed E-state index contributed by atoms with van der Waals surface area (Å²) in [7, 11) is 0. The number of carbonyl (C=O) groups is 1. The number of hydrogen-bond donors (Lipinski definition) is 1. The van der Waals surface area contributed by atoms with Crippen LogP contribution in [0.2, 0.25) is 5.02 Å². The zero-order valence-electron chi connectivity index (χ0n) is 15.2. The van der Waals surface area contributed by atoms with Gasteiger partial charge in [-0.15, -0.1) is 0 Å². The molecule has 1 saturated heterocycles. The largest absolute Gasteiger partial charge is 0.373 e. The van der Waals surface area contributed by atoms with Crippen molar-refractivity contribution in [1.82, 2.24) is 4.90 Å². The molecule has 6 heteroatoms. The van der Waals surface area contributed by atoms with Crippen LogP contribution < -0.4 is 10.2 Å². The minimum absolute atomic E-state index is 0.0857. The highest BCUT2D eigenvalue weighted by molar-refractivity contribution is 6.31. The maximum Gasteiger partial charge on any atom is 0.267 e. The first kappa shape index (κ1) is 18.8. The smallest absolute Gasteiger partial charge is 0.267 e. The molecule has 0 aliphatic carbocycles. The second-order valence-electron chi connectivity index (χ2n) is 6.38. The van der Waals surface area contributed by atoms with E-state index in [1.165, 1.54) is 5.69 Å². The lowest BCUT2D eigenvalue weighted by Gasteiger charge is -2.35. The molecular weight excluding hydrogens is 360 g/mol. The van der Waals surface area contributed by atoms with Gasteiger partial charge >= 0.3 is 0 Å². The van der Waals surface area contributed by atoms with Crippen molar-refractivity contribution in [1.29, 1.82) is 5.26 Å². The van der Waals surface area contributed by atoms with Crippen LogP contribution in [0.1, 0.15) is 5.56 Å². The number of rotatable bonds is 4. The predicted octanol–water partition coefficient (Wildman–Crippen LogP) is 3.82. The molecule has 138 valence electrons. The van der Waals surface area contributed by atoms with Gasteiger partial charge in [0.1, 0.15) is 11.6 Å². The summed E-state index contributed by atoms with van der Waals surface area (Å²) in [5.41, 5.74) is 2.67. The molecule has 0 spiro atoms. The Morgan fingerprint density at radius 3 is 2.48 bits per heavy atom. The number of carbonyl (C=O) groups excluding carboxylic acids is 1. The number of nitrogens with one attached hydrogen (secondary N) is 1. The summed E-state index contributed by atoms with van der Waals surface area (Å²) in [6.45, 7) is 5.02. The molecule has 0 atom stereocenters. The van der Waals surface area contributed by atoms with Crippen LogP contribution >= 0.6 is 11.6 Å². The van der Waals surface area contributed by atoms with Crippen molar-refractivity contribution in [3.63, 3.8) is 0 Å². The van der Waals surface area contributed by atoms with Crippen molar-refractivity contribution in [2.75, 3.05) is 36.4 Å². The third kappa shape index (κ3) is 4.60. The molecule has 0 radical (unpaired) electrons. The monoisotopic (exact) mass is 380 g/mol. The first-order chi connectivity index (χ1) is 13.1. The summed E-state index contributed by atoms with van der Waals surface area (Å²) in [5, 5.41) is 12.8. The number of piperazine rings is 1. The Bertz CT molecular complexity index is 881. The number of nitriles is 1. The highest BCUT2D eigenvalue weighted by Gasteiger charge is 2.18. The molecule has 1 N–H and O–H groups in total. The molecule has 0 aromatic heterocycles. The molecule has 27 heavy (non-hydrogen) atoms. The molecular formula is C21H21ClN4O. The third-order valence-electron chi connectivity index (χ3n) is 4.63. The van der Waals surface area contributed by atoms with Crippen molar-refractivity contribution < 1.29 is 4.79 Å². The second kappa shape index (κ2) is 8.61. The second-order valence-corrected chi connectivity index (χ2v) is 6.79. The third-order valence-corrected chi connectivity index (χ3v) is 5.04. The van der Waals surface area contributed by atoms with Crippen LogP contribution in [0.3, 0.4) is 0 Å². The van der Waals surface area contributed by atoms with Gasteiger partial charge in [-0.05, 0) is 36.8 Å². The molecule has 3 rings (SSSR count). The van der Waals surface area contributed by atoms with Gasteiger partial charge in [-0.1, -0.05) is 35.9 Å². The van der Waals surface area contributed by atoms with E-state index in [1.54, 1.807) is 24.4 Å². The van der Waals surface area contributed by atoms with E-state index in [4.69, 9.17) is 11.6 Å². The van der Waals surface area contributed by atoms with Gasteiger partial charge in [0.2, 0.25) is 0 Å². The van der Waals surface area contributed by atoms with Crippen molar-refractivity contribution in [2.45, 2.75) is 6.92 Å². The van der Waals surface area contributed by atoms with Gasteiger partial charge in [0.25, 0.3) is 5.91 Å². The molecule has 1 fully saturated rings. The summed E-state index contributed by atoms with van der Waals surface area (Å²) in [4.78, 5) is 16.8. The average Bonchev–Trinajstić information content (AvgIpc) is 2.70. The summed E-state index contributed by atoms with van der Waals surface area (Å²) < 4.78 is 0.